The Kier molecular flexibility index (Phi) is 6.09. The van der Waals surface area contributed by atoms with Crippen molar-refractivity contribution in [2.75, 3.05) is 44.3 Å². The minimum atomic E-state index is -0.322. The van der Waals surface area contributed by atoms with Crippen LogP contribution in [0.15, 0.2) is 18.5 Å². The van der Waals surface area contributed by atoms with Crippen LogP contribution in [0.2, 0.25) is 0 Å². The van der Waals surface area contributed by atoms with Gasteiger partial charge in [0.2, 0.25) is 0 Å². The van der Waals surface area contributed by atoms with Crippen molar-refractivity contribution in [3.63, 3.8) is 0 Å². The number of rotatable bonds is 7. The molecule has 3 aliphatic rings. The molecule has 0 spiro atoms. The van der Waals surface area contributed by atoms with Gasteiger partial charge < -0.3 is 19.1 Å². The van der Waals surface area contributed by atoms with Crippen molar-refractivity contribution in [2.24, 2.45) is 10.8 Å². The fourth-order valence-corrected chi connectivity index (χ4v) is 5.15. The Morgan fingerprint density at radius 2 is 1.71 bits per heavy atom. The summed E-state index contributed by atoms with van der Waals surface area (Å²) in [6.07, 6.45) is 3.51. The van der Waals surface area contributed by atoms with Crippen molar-refractivity contribution in [3.05, 3.63) is 18.5 Å². The van der Waals surface area contributed by atoms with Crippen LogP contribution in [-0.4, -0.2) is 82.2 Å². The second kappa shape index (κ2) is 8.71. The molecule has 3 aliphatic heterocycles. The van der Waals surface area contributed by atoms with E-state index >= 15 is 0 Å². The zero-order valence-electron chi connectivity index (χ0n) is 22.2. The SMILES string of the molecule is CC(C)Oc1cc(N2CC(C)(N3CC(C)(C)C3)C2)cnc1-c1cn(CC2OCC(C)(C)CO2)nn1. The molecular formula is C26H40N6O3. The number of anilines is 1. The van der Waals surface area contributed by atoms with Crippen molar-refractivity contribution in [1.29, 1.82) is 0 Å². The summed E-state index contributed by atoms with van der Waals surface area (Å²) in [4.78, 5) is 9.76. The lowest BCUT2D eigenvalue weighted by Crippen LogP contribution is -2.74. The van der Waals surface area contributed by atoms with E-state index in [1.807, 2.05) is 26.2 Å². The van der Waals surface area contributed by atoms with Gasteiger partial charge in [0.05, 0.1) is 49.5 Å². The van der Waals surface area contributed by atoms with Gasteiger partial charge in [-0.3, -0.25) is 4.90 Å². The van der Waals surface area contributed by atoms with Crippen LogP contribution in [0, 0.1) is 10.8 Å². The fraction of sp³-hybridized carbons (Fsp3) is 0.731. The number of aromatic nitrogens is 4. The first-order valence-electron chi connectivity index (χ1n) is 12.7. The van der Waals surface area contributed by atoms with E-state index in [9.17, 15) is 0 Å². The summed E-state index contributed by atoms with van der Waals surface area (Å²) in [5.41, 5.74) is 3.18. The van der Waals surface area contributed by atoms with Crippen LogP contribution in [0.4, 0.5) is 5.69 Å². The van der Waals surface area contributed by atoms with Gasteiger partial charge >= 0.3 is 0 Å². The smallest absolute Gasteiger partial charge is 0.177 e. The predicted molar refractivity (Wildman–Crippen MR) is 134 cm³/mol. The van der Waals surface area contributed by atoms with Crippen LogP contribution in [0.3, 0.4) is 0 Å². The monoisotopic (exact) mass is 484 g/mol. The molecule has 9 nitrogen and oxygen atoms in total. The average Bonchev–Trinajstić information content (AvgIpc) is 3.19. The second-order valence-electron chi connectivity index (χ2n) is 12.6. The molecule has 0 atom stereocenters. The summed E-state index contributed by atoms with van der Waals surface area (Å²) < 4.78 is 19.6. The number of hydrogen-bond acceptors (Lipinski definition) is 8. The van der Waals surface area contributed by atoms with Crippen LogP contribution in [0.1, 0.15) is 48.5 Å². The minimum Gasteiger partial charge on any atom is -0.489 e. The molecule has 3 fully saturated rings. The number of pyridine rings is 1. The van der Waals surface area contributed by atoms with Crippen molar-refractivity contribution < 1.29 is 14.2 Å². The van der Waals surface area contributed by atoms with Gasteiger partial charge in [0.1, 0.15) is 17.1 Å². The molecule has 5 rings (SSSR count). The molecule has 5 heterocycles. The van der Waals surface area contributed by atoms with E-state index in [4.69, 9.17) is 19.2 Å². The first kappa shape index (κ1) is 24.5. The highest BCUT2D eigenvalue weighted by atomic mass is 16.7. The van der Waals surface area contributed by atoms with E-state index in [0.29, 0.717) is 36.6 Å². The second-order valence-corrected chi connectivity index (χ2v) is 12.6. The lowest BCUT2D eigenvalue weighted by molar-refractivity contribution is -0.227. The molecule has 9 heteroatoms. The molecule has 0 amide bonds. The molecule has 0 N–H and O–H groups in total. The average molecular weight is 485 g/mol. The van der Waals surface area contributed by atoms with Gasteiger partial charge in [-0.05, 0) is 26.2 Å². The zero-order valence-corrected chi connectivity index (χ0v) is 22.2. The first-order chi connectivity index (χ1) is 16.4. The third-order valence-corrected chi connectivity index (χ3v) is 7.07. The van der Waals surface area contributed by atoms with Crippen LogP contribution >= 0.6 is 0 Å². The number of hydrogen-bond donors (Lipinski definition) is 0. The van der Waals surface area contributed by atoms with Crippen molar-refractivity contribution in [3.8, 4) is 17.1 Å². The van der Waals surface area contributed by atoms with Crippen LogP contribution in [0.25, 0.3) is 11.4 Å². The molecule has 35 heavy (non-hydrogen) atoms. The maximum absolute atomic E-state index is 6.17. The van der Waals surface area contributed by atoms with E-state index in [-0.39, 0.29) is 23.3 Å². The molecule has 2 aromatic rings. The Hall–Kier alpha value is -2.23. The van der Waals surface area contributed by atoms with E-state index < -0.39 is 0 Å². The molecule has 3 saturated heterocycles. The van der Waals surface area contributed by atoms with Crippen molar-refractivity contribution >= 4 is 5.69 Å². The van der Waals surface area contributed by atoms with Crippen LogP contribution < -0.4 is 9.64 Å². The van der Waals surface area contributed by atoms with E-state index in [0.717, 1.165) is 24.5 Å². The van der Waals surface area contributed by atoms with Gasteiger partial charge in [-0.15, -0.1) is 5.10 Å². The number of ether oxygens (including phenoxy) is 3. The topological polar surface area (TPSA) is 77.8 Å². The standard InChI is InChI=1S/C26H40N6O3/c1-18(2)35-21-8-19(30-14-26(7,15-30)31-12-24(3,4)13-31)9-27-23(21)20-10-32(29-28-20)11-22-33-16-25(5,6)17-34-22/h8-10,18,22H,11-17H2,1-7H3. The quantitative estimate of drug-likeness (QED) is 0.591. The summed E-state index contributed by atoms with van der Waals surface area (Å²) in [5, 5.41) is 8.66. The molecular weight excluding hydrogens is 444 g/mol. The summed E-state index contributed by atoms with van der Waals surface area (Å²) in [6, 6.07) is 2.09. The maximum atomic E-state index is 6.17. The fourth-order valence-electron chi connectivity index (χ4n) is 5.15. The van der Waals surface area contributed by atoms with E-state index in [2.05, 4.69) is 60.8 Å². The highest BCUT2D eigenvalue weighted by molar-refractivity contribution is 5.66. The molecule has 0 radical (unpaired) electrons. The minimum absolute atomic E-state index is 0.0261. The highest BCUT2D eigenvalue weighted by Gasteiger charge is 2.50. The normalized spacial score (nSPS) is 23.7. The number of likely N-dealkylation sites (tertiary alicyclic amines) is 1. The Bertz CT molecular complexity index is 1040. The predicted octanol–water partition coefficient (Wildman–Crippen LogP) is 3.45. The van der Waals surface area contributed by atoms with E-state index in [1.165, 1.54) is 13.1 Å². The Morgan fingerprint density at radius 3 is 2.34 bits per heavy atom. The molecule has 192 valence electrons. The lowest BCUT2D eigenvalue weighted by atomic mass is 9.77. The summed E-state index contributed by atoms with van der Waals surface area (Å²) in [5.74, 6) is 0.732. The summed E-state index contributed by atoms with van der Waals surface area (Å²) in [7, 11) is 0. The molecule has 0 bridgehead atoms. The lowest BCUT2D eigenvalue weighted by Gasteiger charge is -2.62. The molecule has 0 aromatic carbocycles. The first-order valence-corrected chi connectivity index (χ1v) is 12.7. The Morgan fingerprint density at radius 1 is 1.03 bits per heavy atom. The van der Waals surface area contributed by atoms with E-state index in [1.54, 1.807) is 4.68 Å². The van der Waals surface area contributed by atoms with Gasteiger partial charge in [-0.2, -0.15) is 0 Å². The molecule has 0 aliphatic carbocycles. The van der Waals surface area contributed by atoms with Crippen LogP contribution in [0.5, 0.6) is 5.75 Å². The third-order valence-electron chi connectivity index (χ3n) is 7.07. The summed E-state index contributed by atoms with van der Waals surface area (Å²) in [6.45, 7) is 21.5. The van der Waals surface area contributed by atoms with Crippen molar-refractivity contribution in [1.82, 2.24) is 24.9 Å². The van der Waals surface area contributed by atoms with Gasteiger partial charge in [0, 0.05) is 37.7 Å². The zero-order chi connectivity index (χ0) is 25.0. The Balaban J connectivity index is 1.28. The van der Waals surface area contributed by atoms with Crippen molar-refractivity contribution in [2.45, 2.75) is 72.9 Å². The van der Waals surface area contributed by atoms with Crippen LogP contribution in [-0.2, 0) is 16.0 Å². The third kappa shape index (κ3) is 5.17. The molecule has 2 aromatic heterocycles. The molecule has 0 saturated carbocycles. The summed E-state index contributed by atoms with van der Waals surface area (Å²) >= 11 is 0. The Labute approximate surface area is 208 Å². The van der Waals surface area contributed by atoms with Gasteiger partial charge in [0.25, 0.3) is 0 Å². The largest absolute Gasteiger partial charge is 0.489 e. The maximum Gasteiger partial charge on any atom is 0.177 e. The number of nitrogens with zero attached hydrogens (tertiary/aromatic N) is 6. The molecule has 0 unspecified atom stereocenters. The highest BCUT2D eigenvalue weighted by Crippen LogP contribution is 2.41. The van der Waals surface area contributed by atoms with Gasteiger partial charge in [-0.25, -0.2) is 9.67 Å². The van der Waals surface area contributed by atoms with Gasteiger partial charge in [-0.1, -0.05) is 32.9 Å². The van der Waals surface area contributed by atoms with Gasteiger partial charge in [0.15, 0.2) is 6.29 Å².